The predicted octanol–water partition coefficient (Wildman–Crippen LogP) is 4.28. The van der Waals surface area contributed by atoms with Crippen LogP contribution in [0.2, 0.25) is 5.02 Å². The Labute approximate surface area is 177 Å². The van der Waals surface area contributed by atoms with E-state index in [1.807, 2.05) is 31.2 Å². The molecule has 1 fully saturated rings. The van der Waals surface area contributed by atoms with E-state index in [2.05, 4.69) is 10.3 Å². The molecule has 1 aromatic carbocycles. The van der Waals surface area contributed by atoms with Gasteiger partial charge in [-0.1, -0.05) is 29.8 Å². The highest BCUT2D eigenvalue weighted by atomic mass is 35.5. The lowest BCUT2D eigenvalue weighted by atomic mass is 10.1. The maximum atomic E-state index is 12.6. The van der Waals surface area contributed by atoms with Gasteiger partial charge in [-0.3, -0.25) is 9.59 Å². The Bertz CT molecular complexity index is 1030. The lowest BCUT2D eigenvalue weighted by molar-refractivity contribution is -0.128. The molecule has 1 unspecified atom stereocenters. The van der Waals surface area contributed by atoms with Gasteiger partial charge in [0.25, 0.3) is 0 Å². The summed E-state index contributed by atoms with van der Waals surface area (Å²) in [5, 5.41) is 4.14. The van der Waals surface area contributed by atoms with Crippen LogP contribution < -0.4 is 5.32 Å². The van der Waals surface area contributed by atoms with E-state index in [0.717, 1.165) is 21.0 Å². The van der Waals surface area contributed by atoms with E-state index in [4.69, 9.17) is 16.0 Å². The number of amides is 2. The molecule has 3 aromatic rings. The van der Waals surface area contributed by atoms with E-state index in [0.29, 0.717) is 30.4 Å². The maximum absolute atomic E-state index is 12.6. The van der Waals surface area contributed by atoms with Gasteiger partial charge in [-0.05, 0) is 30.2 Å². The van der Waals surface area contributed by atoms with Gasteiger partial charge >= 0.3 is 0 Å². The van der Waals surface area contributed by atoms with E-state index in [1.165, 1.54) is 11.3 Å². The van der Waals surface area contributed by atoms with E-state index in [1.54, 1.807) is 23.4 Å². The van der Waals surface area contributed by atoms with Gasteiger partial charge in [-0.15, -0.1) is 11.3 Å². The number of benzene rings is 1. The molecule has 0 bridgehead atoms. The third kappa shape index (κ3) is 4.52. The smallest absolute Gasteiger partial charge is 0.231 e. The summed E-state index contributed by atoms with van der Waals surface area (Å²) in [5.41, 5.74) is 2.07. The summed E-state index contributed by atoms with van der Waals surface area (Å²) in [5.74, 6) is 0.0834. The zero-order chi connectivity index (χ0) is 20.4. The number of halogens is 1. The Morgan fingerprint density at radius 1 is 1.38 bits per heavy atom. The Balaban J connectivity index is 1.35. The Kier molecular flexibility index (Phi) is 5.69. The monoisotopic (exact) mass is 429 g/mol. The van der Waals surface area contributed by atoms with E-state index >= 15 is 0 Å². The first-order valence-corrected chi connectivity index (χ1v) is 10.5. The number of carbonyl (C=O) groups is 2. The minimum atomic E-state index is -0.393. The molecule has 2 amide bonds. The molecule has 1 saturated heterocycles. The molecule has 0 spiro atoms. The van der Waals surface area contributed by atoms with Gasteiger partial charge in [0.1, 0.15) is 5.76 Å². The molecule has 0 radical (unpaired) electrons. The van der Waals surface area contributed by atoms with Crippen LogP contribution in [0, 0.1) is 12.8 Å². The fourth-order valence-electron chi connectivity index (χ4n) is 3.38. The summed E-state index contributed by atoms with van der Waals surface area (Å²) in [6.07, 6.45) is 4.18. The summed E-state index contributed by atoms with van der Waals surface area (Å²) in [7, 11) is 0. The second-order valence-electron chi connectivity index (χ2n) is 7.10. The van der Waals surface area contributed by atoms with Crippen LogP contribution in [0.25, 0.3) is 0 Å². The molecule has 1 aliphatic rings. The van der Waals surface area contributed by atoms with E-state index < -0.39 is 5.92 Å². The predicted molar refractivity (Wildman–Crippen MR) is 112 cm³/mol. The number of nitrogens with zero attached hydrogens (tertiary/aromatic N) is 2. The first-order valence-electron chi connectivity index (χ1n) is 9.29. The number of hydrogen-bond acceptors (Lipinski definition) is 5. The average Bonchev–Trinajstić information content (AvgIpc) is 3.43. The van der Waals surface area contributed by atoms with Gasteiger partial charge in [0.05, 0.1) is 18.7 Å². The molecule has 1 aliphatic heterocycles. The van der Waals surface area contributed by atoms with Crippen molar-refractivity contribution in [1.82, 2.24) is 9.88 Å². The van der Waals surface area contributed by atoms with Crippen molar-refractivity contribution in [2.24, 2.45) is 5.92 Å². The molecule has 4 rings (SSSR count). The van der Waals surface area contributed by atoms with Crippen LogP contribution in [-0.4, -0.2) is 28.2 Å². The summed E-state index contributed by atoms with van der Waals surface area (Å²) < 4.78 is 5.29. The molecule has 8 heteroatoms. The second-order valence-corrected chi connectivity index (χ2v) is 8.59. The number of furan rings is 1. The van der Waals surface area contributed by atoms with Crippen LogP contribution in [0.15, 0.2) is 47.2 Å². The van der Waals surface area contributed by atoms with Crippen LogP contribution in [0.4, 0.5) is 5.13 Å². The number of aryl methyl sites for hydroxylation is 1. The van der Waals surface area contributed by atoms with Crippen molar-refractivity contribution in [3.8, 4) is 0 Å². The Morgan fingerprint density at radius 2 is 2.24 bits per heavy atom. The molecule has 2 aromatic heterocycles. The van der Waals surface area contributed by atoms with Crippen LogP contribution in [0.3, 0.4) is 0 Å². The lowest BCUT2D eigenvalue weighted by Gasteiger charge is -2.14. The zero-order valence-corrected chi connectivity index (χ0v) is 17.4. The highest BCUT2D eigenvalue weighted by Gasteiger charge is 2.35. The number of rotatable bonds is 6. The molecule has 0 saturated carbocycles. The molecule has 29 heavy (non-hydrogen) atoms. The van der Waals surface area contributed by atoms with Crippen molar-refractivity contribution in [3.63, 3.8) is 0 Å². The third-order valence-corrected chi connectivity index (χ3v) is 6.39. The number of likely N-dealkylation sites (tertiary alicyclic amines) is 1. The van der Waals surface area contributed by atoms with Gasteiger partial charge in [0, 0.05) is 35.5 Å². The molecule has 1 atom stereocenters. The summed E-state index contributed by atoms with van der Waals surface area (Å²) >= 11 is 7.79. The minimum absolute atomic E-state index is 0.0459. The average molecular weight is 430 g/mol. The van der Waals surface area contributed by atoms with Gasteiger partial charge in [-0.2, -0.15) is 0 Å². The first-order chi connectivity index (χ1) is 14.0. The van der Waals surface area contributed by atoms with Crippen LogP contribution >= 0.6 is 22.9 Å². The number of aromatic nitrogens is 1. The normalized spacial score (nSPS) is 16.4. The molecule has 1 N–H and O–H groups in total. The van der Waals surface area contributed by atoms with Gasteiger partial charge in [0.2, 0.25) is 11.8 Å². The number of nitrogens with one attached hydrogen (secondary N) is 1. The molecule has 0 aliphatic carbocycles. The summed E-state index contributed by atoms with van der Waals surface area (Å²) in [6, 6.07) is 9.54. The first kappa shape index (κ1) is 19.7. The fraction of sp³-hybridized carbons (Fsp3) is 0.286. The number of hydrogen-bond donors (Lipinski definition) is 1. The lowest BCUT2D eigenvalue weighted by Crippen LogP contribution is -2.27. The maximum Gasteiger partial charge on any atom is 0.231 e. The third-order valence-electron chi connectivity index (χ3n) is 4.93. The minimum Gasteiger partial charge on any atom is -0.467 e. The number of anilines is 1. The largest absolute Gasteiger partial charge is 0.467 e. The topological polar surface area (TPSA) is 75.4 Å². The number of carbonyl (C=O) groups excluding carboxylic acids is 2. The standard InChI is InChI=1S/C21H20ClN3O3S/c1-13-4-2-5-14(19(13)22)8-17-10-23-21(29-17)24-20(27)15-9-18(26)25(11-15)12-16-6-3-7-28-16/h2-7,10,15H,8-9,11-12H2,1H3,(H,23,24,27). The van der Waals surface area contributed by atoms with Crippen LogP contribution in [-0.2, 0) is 22.6 Å². The summed E-state index contributed by atoms with van der Waals surface area (Å²) in [4.78, 5) is 31.8. The molecule has 3 heterocycles. The van der Waals surface area contributed by atoms with Crippen molar-refractivity contribution >= 4 is 39.9 Å². The van der Waals surface area contributed by atoms with E-state index in [9.17, 15) is 9.59 Å². The van der Waals surface area contributed by atoms with Crippen molar-refractivity contribution < 1.29 is 14.0 Å². The molecule has 150 valence electrons. The Morgan fingerprint density at radius 3 is 3.03 bits per heavy atom. The molecule has 6 nitrogen and oxygen atoms in total. The quantitative estimate of drug-likeness (QED) is 0.634. The zero-order valence-electron chi connectivity index (χ0n) is 15.9. The fourth-order valence-corrected chi connectivity index (χ4v) is 4.41. The van der Waals surface area contributed by atoms with Gasteiger partial charge < -0.3 is 14.6 Å². The molecular formula is C21H20ClN3O3S. The van der Waals surface area contributed by atoms with Crippen LogP contribution in [0.1, 0.15) is 28.2 Å². The SMILES string of the molecule is Cc1cccc(Cc2cnc(NC(=O)C3CC(=O)N(Cc4ccco4)C3)s2)c1Cl. The van der Waals surface area contributed by atoms with Crippen LogP contribution in [0.5, 0.6) is 0 Å². The van der Waals surface area contributed by atoms with Crippen molar-refractivity contribution in [2.45, 2.75) is 26.3 Å². The molecular weight excluding hydrogens is 410 g/mol. The van der Waals surface area contributed by atoms with E-state index in [-0.39, 0.29) is 18.2 Å². The van der Waals surface area contributed by atoms with Gasteiger partial charge in [0.15, 0.2) is 5.13 Å². The second kappa shape index (κ2) is 8.39. The highest BCUT2D eigenvalue weighted by Crippen LogP contribution is 2.28. The van der Waals surface area contributed by atoms with Gasteiger partial charge in [-0.25, -0.2) is 4.98 Å². The number of thiazole rings is 1. The van der Waals surface area contributed by atoms with Crippen molar-refractivity contribution in [2.75, 3.05) is 11.9 Å². The van der Waals surface area contributed by atoms with Crippen molar-refractivity contribution in [1.29, 1.82) is 0 Å². The summed E-state index contributed by atoms with van der Waals surface area (Å²) in [6.45, 7) is 2.74. The highest BCUT2D eigenvalue weighted by molar-refractivity contribution is 7.15. The van der Waals surface area contributed by atoms with Crippen molar-refractivity contribution in [3.05, 3.63) is 69.6 Å². The Hall–Kier alpha value is -2.64.